The van der Waals surface area contributed by atoms with Crippen LogP contribution in [0.15, 0.2) is 59.0 Å². The highest BCUT2D eigenvalue weighted by atomic mass is 79.9. The van der Waals surface area contributed by atoms with Crippen molar-refractivity contribution in [2.75, 3.05) is 5.32 Å². The monoisotopic (exact) mass is 812 g/mol. The van der Waals surface area contributed by atoms with E-state index in [0.29, 0.717) is 50.1 Å². The molecule has 2 aromatic carbocycles. The van der Waals surface area contributed by atoms with Crippen LogP contribution < -0.4 is 21.9 Å². The van der Waals surface area contributed by atoms with Crippen molar-refractivity contribution in [3.05, 3.63) is 67.3 Å². The number of hydrogen-bond donors (Lipinski definition) is 5. The van der Waals surface area contributed by atoms with Crippen molar-refractivity contribution < 1.29 is 37.9 Å². The smallest absolute Gasteiger partial charge is 0.415 e. The Morgan fingerprint density at radius 1 is 1.02 bits per heavy atom. The van der Waals surface area contributed by atoms with Gasteiger partial charge in [0.15, 0.2) is 0 Å². The number of imide groups is 1. The summed E-state index contributed by atoms with van der Waals surface area (Å²) in [6.07, 6.45) is -0.500. The third-order valence-corrected chi connectivity index (χ3v) is 9.87. The molecule has 3 aromatic heterocycles. The van der Waals surface area contributed by atoms with Crippen molar-refractivity contribution in [3.63, 3.8) is 0 Å². The maximum absolute atomic E-state index is 13.5. The number of nitrogens with two attached hydrogens (primary N) is 1. The van der Waals surface area contributed by atoms with Crippen molar-refractivity contribution in [2.45, 2.75) is 58.0 Å². The number of likely N-dealkylation sites (tertiary alicyclic amines) is 1. The van der Waals surface area contributed by atoms with E-state index in [4.69, 9.17) is 14.6 Å². The lowest BCUT2D eigenvalue weighted by Crippen LogP contribution is -2.63. The second-order valence-electron chi connectivity index (χ2n) is 12.9. The van der Waals surface area contributed by atoms with E-state index in [1.807, 2.05) is 12.1 Å². The minimum atomic E-state index is -1.67. The van der Waals surface area contributed by atoms with Crippen molar-refractivity contribution >= 4 is 100 Å². The summed E-state index contributed by atoms with van der Waals surface area (Å²) >= 11 is 6.72. The Balaban J connectivity index is 0.000000181. The fourth-order valence-electron chi connectivity index (χ4n) is 6.47. The van der Waals surface area contributed by atoms with Crippen molar-refractivity contribution in [1.29, 1.82) is 0 Å². The predicted octanol–water partition coefficient (Wildman–Crippen LogP) is 5.70. The van der Waals surface area contributed by atoms with Crippen LogP contribution in [-0.4, -0.2) is 55.2 Å². The lowest BCUT2D eigenvalue weighted by atomic mass is 9.71. The molecule has 260 valence electrons. The molecule has 2 aliphatic heterocycles. The number of anilines is 1. The molecule has 5 amide bonds. The molecule has 50 heavy (non-hydrogen) atoms. The standard InChI is InChI=1S/C19H20BrN3O6.C14H10BrN3O3/c1-18(2,3)19(7-6-12(24)23(19)17(27)28)16(26)22-13-10-8-9(20)4-5-11(10)29-14(13)15(21)25;15-6-1-3-9-7(5-6)11-12(21-9)14(20)18-13(17-11)8-2-4-10(19)16-8/h4-5,8H,6-7H2,1-3H3,(H2,21,25)(H,22,26)(H,27,28);1,3,5,8H,2,4H2,(H,16,19)(H,17,18,20)/t;8-/m.0/s1. The number of halogens is 2. The molecule has 5 heterocycles. The van der Waals surface area contributed by atoms with E-state index in [1.54, 1.807) is 45.0 Å². The first-order valence-corrected chi connectivity index (χ1v) is 16.9. The highest BCUT2D eigenvalue weighted by Crippen LogP contribution is 2.46. The Hall–Kier alpha value is -5.03. The number of fused-ring (bicyclic) bond motifs is 4. The lowest BCUT2D eigenvalue weighted by molar-refractivity contribution is -0.141. The van der Waals surface area contributed by atoms with Gasteiger partial charge in [-0.2, -0.15) is 0 Å². The molecular formula is C33H30Br2N6O9. The quantitative estimate of drug-likeness (QED) is 0.149. The zero-order valence-electron chi connectivity index (χ0n) is 26.8. The Morgan fingerprint density at radius 2 is 1.66 bits per heavy atom. The van der Waals surface area contributed by atoms with Crippen LogP contribution in [-0.2, 0) is 14.4 Å². The third-order valence-electron chi connectivity index (χ3n) is 8.88. The number of aromatic nitrogens is 2. The number of rotatable bonds is 4. The molecule has 0 spiro atoms. The number of hydrogen-bond acceptors (Lipinski definition) is 9. The summed E-state index contributed by atoms with van der Waals surface area (Å²) in [6.45, 7) is 5.04. The molecule has 0 bridgehead atoms. The SMILES string of the molecule is CC(C)(C)C1(C(=O)Nc2c(C(N)=O)oc3ccc(Br)cc23)CCC(=O)N1C(=O)O.O=C1CC[C@@H](c2nc3c(oc4ccc(Br)cc43)c(=O)[nH]2)N1. The summed E-state index contributed by atoms with van der Waals surface area (Å²) in [5, 5.41) is 16.3. The Morgan fingerprint density at radius 3 is 2.24 bits per heavy atom. The first-order valence-electron chi connectivity index (χ1n) is 15.3. The minimum Gasteiger partial charge on any atom is -0.465 e. The fraction of sp³-hybridized carbons (Fsp3) is 0.303. The van der Waals surface area contributed by atoms with Crippen LogP contribution in [0.1, 0.15) is 68.9 Å². The fourth-order valence-corrected chi connectivity index (χ4v) is 7.19. The molecular weight excluding hydrogens is 784 g/mol. The second-order valence-corrected chi connectivity index (χ2v) is 14.7. The molecule has 7 rings (SSSR count). The summed E-state index contributed by atoms with van der Waals surface area (Å²) in [5.41, 5.74) is 4.18. The number of H-pyrrole nitrogens is 1. The van der Waals surface area contributed by atoms with Crippen LogP contribution in [0.3, 0.4) is 0 Å². The highest BCUT2D eigenvalue weighted by Gasteiger charge is 2.61. The average Bonchev–Trinajstić information content (AvgIpc) is 3.81. The minimum absolute atomic E-state index is 0.0127. The summed E-state index contributed by atoms with van der Waals surface area (Å²) in [5.74, 6) is -2.10. The Kier molecular flexibility index (Phi) is 8.84. The number of amides is 5. The number of benzene rings is 2. The molecule has 6 N–H and O–H groups in total. The van der Waals surface area contributed by atoms with Gasteiger partial charge in [0.1, 0.15) is 33.7 Å². The highest BCUT2D eigenvalue weighted by molar-refractivity contribution is 9.10. The first-order chi connectivity index (χ1) is 23.5. The number of carbonyl (C=O) groups excluding carboxylic acids is 4. The van der Waals surface area contributed by atoms with Gasteiger partial charge in [-0.25, -0.2) is 14.7 Å². The molecule has 2 saturated heterocycles. The van der Waals surface area contributed by atoms with Crippen LogP contribution in [0, 0.1) is 5.41 Å². The van der Waals surface area contributed by atoms with Gasteiger partial charge in [-0.1, -0.05) is 52.6 Å². The normalized spacial score (nSPS) is 19.1. The van der Waals surface area contributed by atoms with E-state index in [1.165, 1.54) is 0 Å². The number of nitrogens with one attached hydrogen (secondary N) is 3. The van der Waals surface area contributed by atoms with Gasteiger partial charge in [-0.15, -0.1) is 0 Å². The summed E-state index contributed by atoms with van der Waals surface area (Å²) in [6, 6.07) is 10.2. The Labute approximate surface area is 299 Å². The van der Waals surface area contributed by atoms with Gasteiger partial charge in [0.25, 0.3) is 17.4 Å². The van der Waals surface area contributed by atoms with E-state index in [-0.39, 0.29) is 47.4 Å². The second kappa shape index (κ2) is 12.7. The van der Waals surface area contributed by atoms with Gasteiger partial charge >= 0.3 is 6.09 Å². The molecule has 0 saturated carbocycles. The molecule has 15 nitrogen and oxygen atoms in total. The average molecular weight is 814 g/mol. The number of carboxylic acid groups (broad SMARTS) is 1. The molecule has 0 radical (unpaired) electrons. The van der Waals surface area contributed by atoms with Crippen molar-refractivity contribution in [2.24, 2.45) is 11.1 Å². The Bertz CT molecular complexity index is 2320. The van der Waals surface area contributed by atoms with E-state index < -0.39 is 34.8 Å². The van der Waals surface area contributed by atoms with E-state index in [0.717, 1.165) is 9.86 Å². The molecule has 0 aliphatic carbocycles. The zero-order chi connectivity index (χ0) is 36.3. The summed E-state index contributed by atoms with van der Waals surface area (Å²) in [7, 11) is 0. The number of nitrogens with zero attached hydrogens (tertiary/aromatic N) is 2. The lowest BCUT2D eigenvalue weighted by Gasteiger charge is -2.44. The summed E-state index contributed by atoms with van der Waals surface area (Å²) in [4.78, 5) is 80.8. The summed E-state index contributed by atoms with van der Waals surface area (Å²) < 4.78 is 12.6. The van der Waals surface area contributed by atoms with E-state index >= 15 is 0 Å². The number of furan rings is 2. The van der Waals surface area contributed by atoms with Crippen LogP contribution in [0.25, 0.3) is 33.0 Å². The zero-order valence-corrected chi connectivity index (χ0v) is 30.0. The maximum atomic E-state index is 13.5. The number of primary amides is 1. The topological polar surface area (TPSA) is 231 Å². The van der Waals surface area contributed by atoms with Crippen LogP contribution in [0.2, 0.25) is 0 Å². The maximum Gasteiger partial charge on any atom is 0.415 e. The molecule has 5 aromatic rings. The van der Waals surface area contributed by atoms with Crippen LogP contribution in [0.5, 0.6) is 0 Å². The van der Waals surface area contributed by atoms with Gasteiger partial charge in [0.05, 0.1) is 6.04 Å². The predicted molar refractivity (Wildman–Crippen MR) is 187 cm³/mol. The van der Waals surface area contributed by atoms with Crippen molar-refractivity contribution in [3.8, 4) is 0 Å². The molecule has 2 aliphatic rings. The first kappa shape index (κ1) is 34.8. The van der Waals surface area contributed by atoms with E-state index in [2.05, 4.69) is 52.5 Å². The van der Waals surface area contributed by atoms with Gasteiger partial charge in [-0.3, -0.25) is 24.0 Å². The third kappa shape index (κ3) is 5.93. The molecule has 2 fully saturated rings. The van der Waals surface area contributed by atoms with Crippen molar-refractivity contribution in [1.82, 2.24) is 20.2 Å². The van der Waals surface area contributed by atoms with Gasteiger partial charge in [0, 0.05) is 32.6 Å². The largest absolute Gasteiger partial charge is 0.465 e. The van der Waals surface area contributed by atoms with Gasteiger partial charge in [0.2, 0.25) is 23.2 Å². The molecule has 17 heteroatoms. The van der Waals surface area contributed by atoms with Gasteiger partial charge < -0.3 is 35.3 Å². The van der Waals surface area contributed by atoms with Gasteiger partial charge in [-0.05, 0) is 54.7 Å². The molecule has 1 unspecified atom stereocenters. The van der Waals surface area contributed by atoms with Crippen LogP contribution >= 0.6 is 31.9 Å². The number of aromatic amines is 1. The number of carbonyl (C=O) groups is 5. The molecule has 2 atom stereocenters. The van der Waals surface area contributed by atoms with Crippen LogP contribution in [0.4, 0.5) is 10.5 Å². The van der Waals surface area contributed by atoms with E-state index in [9.17, 15) is 33.9 Å².